The fourth-order valence-corrected chi connectivity index (χ4v) is 2.12. The predicted octanol–water partition coefficient (Wildman–Crippen LogP) is 1.45. The minimum absolute atomic E-state index is 0.0735. The summed E-state index contributed by atoms with van der Waals surface area (Å²) in [7, 11) is 0. The van der Waals surface area contributed by atoms with Crippen LogP contribution in [0.1, 0.15) is 39.5 Å². The first-order valence-electron chi connectivity index (χ1n) is 6.98. The summed E-state index contributed by atoms with van der Waals surface area (Å²) in [5, 5.41) is 11.5. The second-order valence-electron chi connectivity index (χ2n) is 4.83. The Morgan fingerprint density at radius 2 is 2.21 bits per heavy atom. The number of carbonyl (C=O) groups excluding carboxylic acids is 1. The van der Waals surface area contributed by atoms with Crippen molar-refractivity contribution < 1.29 is 19.4 Å². The first-order chi connectivity index (χ1) is 9.08. The summed E-state index contributed by atoms with van der Waals surface area (Å²) in [5.41, 5.74) is 0. The second-order valence-corrected chi connectivity index (χ2v) is 4.83. The number of hydrogen-bond donors (Lipinski definition) is 2. The maximum atomic E-state index is 12.0. The topological polar surface area (TPSA) is 78.9 Å². The van der Waals surface area contributed by atoms with Gasteiger partial charge in [0.05, 0.1) is 6.10 Å². The van der Waals surface area contributed by atoms with Gasteiger partial charge >= 0.3 is 12.0 Å². The van der Waals surface area contributed by atoms with Gasteiger partial charge in [0, 0.05) is 19.7 Å². The van der Waals surface area contributed by atoms with Crippen LogP contribution < -0.4 is 5.32 Å². The van der Waals surface area contributed by atoms with Crippen molar-refractivity contribution in [3.05, 3.63) is 0 Å². The van der Waals surface area contributed by atoms with E-state index in [4.69, 9.17) is 9.84 Å². The van der Waals surface area contributed by atoms with E-state index in [1.807, 2.05) is 6.92 Å². The number of nitrogens with one attached hydrogen (secondary N) is 1. The van der Waals surface area contributed by atoms with Crippen LogP contribution in [0.25, 0.3) is 0 Å². The molecule has 1 aliphatic heterocycles. The molecule has 2 N–H and O–H groups in total. The Bertz CT molecular complexity index is 309. The van der Waals surface area contributed by atoms with Crippen LogP contribution in [0.4, 0.5) is 4.79 Å². The van der Waals surface area contributed by atoms with Crippen LogP contribution in [0.15, 0.2) is 0 Å². The molecule has 0 aromatic carbocycles. The van der Waals surface area contributed by atoms with Crippen LogP contribution in [0.2, 0.25) is 0 Å². The van der Waals surface area contributed by atoms with E-state index in [0.717, 1.165) is 19.3 Å². The van der Waals surface area contributed by atoms with Crippen molar-refractivity contribution in [3.63, 3.8) is 0 Å². The van der Waals surface area contributed by atoms with Crippen molar-refractivity contribution in [2.24, 2.45) is 0 Å². The van der Waals surface area contributed by atoms with Gasteiger partial charge in [-0.3, -0.25) is 0 Å². The molecule has 2 unspecified atom stereocenters. The highest BCUT2D eigenvalue weighted by Gasteiger charge is 2.26. The van der Waals surface area contributed by atoms with Gasteiger partial charge in [-0.1, -0.05) is 13.8 Å². The number of carbonyl (C=O) groups is 2. The standard InChI is InChI=1S/C13H24N2O4/c1-3-8-19-10-6-5-7-15(9-10)13(18)14-11(4-2)12(16)17/h10-11H,3-9H2,1-2H3,(H,14,18)(H,16,17). The van der Waals surface area contributed by atoms with E-state index in [2.05, 4.69) is 5.32 Å². The molecule has 0 aliphatic carbocycles. The molecule has 1 rings (SSSR count). The Kier molecular flexibility index (Phi) is 6.62. The van der Waals surface area contributed by atoms with Crippen molar-refractivity contribution in [2.75, 3.05) is 19.7 Å². The summed E-state index contributed by atoms with van der Waals surface area (Å²) in [5.74, 6) is -0.994. The molecule has 19 heavy (non-hydrogen) atoms. The lowest BCUT2D eigenvalue weighted by atomic mass is 10.1. The van der Waals surface area contributed by atoms with E-state index in [1.54, 1.807) is 11.8 Å². The molecule has 1 saturated heterocycles. The minimum Gasteiger partial charge on any atom is -0.480 e. The SMILES string of the molecule is CCCOC1CCCN(C(=O)NC(CC)C(=O)O)C1. The molecule has 2 amide bonds. The Labute approximate surface area is 114 Å². The third kappa shape index (κ3) is 5.06. The van der Waals surface area contributed by atoms with Gasteiger partial charge in [-0.25, -0.2) is 9.59 Å². The van der Waals surface area contributed by atoms with Crippen LogP contribution in [-0.2, 0) is 9.53 Å². The Balaban J connectivity index is 2.45. The summed E-state index contributed by atoms with van der Waals surface area (Å²) in [6.07, 6.45) is 3.26. The molecule has 0 aromatic rings. The van der Waals surface area contributed by atoms with Crippen molar-refractivity contribution in [3.8, 4) is 0 Å². The van der Waals surface area contributed by atoms with Crippen LogP contribution in [-0.4, -0.2) is 53.8 Å². The zero-order chi connectivity index (χ0) is 14.3. The highest BCUT2D eigenvalue weighted by Crippen LogP contribution is 2.13. The third-order valence-corrected chi connectivity index (χ3v) is 3.23. The quantitative estimate of drug-likeness (QED) is 0.767. The maximum absolute atomic E-state index is 12.0. The molecule has 0 aromatic heterocycles. The highest BCUT2D eigenvalue weighted by molar-refractivity contribution is 5.82. The fraction of sp³-hybridized carbons (Fsp3) is 0.846. The van der Waals surface area contributed by atoms with Gasteiger partial charge in [0.2, 0.25) is 0 Å². The van der Waals surface area contributed by atoms with Gasteiger partial charge in [-0.15, -0.1) is 0 Å². The number of aliphatic carboxylic acids is 1. The largest absolute Gasteiger partial charge is 0.480 e. The zero-order valence-electron chi connectivity index (χ0n) is 11.7. The first kappa shape index (κ1) is 15.8. The number of piperidine rings is 1. The Hall–Kier alpha value is -1.30. The van der Waals surface area contributed by atoms with Gasteiger partial charge in [0.15, 0.2) is 0 Å². The lowest BCUT2D eigenvalue weighted by Crippen LogP contribution is -2.52. The van der Waals surface area contributed by atoms with E-state index in [0.29, 0.717) is 26.1 Å². The van der Waals surface area contributed by atoms with Crippen molar-refractivity contribution in [1.29, 1.82) is 0 Å². The van der Waals surface area contributed by atoms with Crippen molar-refractivity contribution >= 4 is 12.0 Å². The third-order valence-electron chi connectivity index (χ3n) is 3.23. The van der Waals surface area contributed by atoms with Crippen LogP contribution in [0.5, 0.6) is 0 Å². The monoisotopic (exact) mass is 272 g/mol. The molecule has 2 atom stereocenters. The second kappa shape index (κ2) is 7.99. The number of rotatable bonds is 6. The lowest BCUT2D eigenvalue weighted by molar-refractivity contribution is -0.139. The molecule has 0 bridgehead atoms. The summed E-state index contributed by atoms with van der Waals surface area (Å²) >= 11 is 0. The lowest BCUT2D eigenvalue weighted by Gasteiger charge is -2.33. The van der Waals surface area contributed by atoms with E-state index < -0.39 is 12.0 Å². The average Bonchev–Trinajstić information content (AvgIpc) is 2.42. The van der Waals surface area contributed by atoms with Gasteiger partial charge < -0.3 is 20.1 Å². The van der Waals surface area contributed by atoms with Gasteiger partial charge in [0.1, 0.15) is 6.04 Å². The number of ether oxygens (including phenoxy) is 1. The van der Waals surface area contributed by atoms with E-state index in [-0.39, 0.29) is 12.1 Å². The zero-order valence-corrected chi connectivity index (χ0v) is 11.7. The molecule has 0 spiro atoms. The number of likely N-dealkylation sites (tertiary alicyclic amines) is 1. The summed E-state index contributed by atoms with van der Waals surface area (Å²) in [4.78, 5) is 24.5. The number of urea groups is 1. The molecule has 6 heteroatoms. The van der Waals surface area contributed by atoms with Crippen LogP contribution >= 0.6 is 0 Å². The molecule has 0 saturated carbocycles. The van der Waals surface area contributed by atoms with Gasteiger partial charge in [0.25, 0.3) is 0 Å². The molecule has 1 fully saturated rings. The van der Waals surface area contributed by atoms with Gasteiger partial charge in [-0.2, -0.15) is 0 Å². The highest BCUT2D eigenvalue weighted by atomic mass is 16.5. The number of carboxylic acid groups (broad SMARTS) is 1. The van der Waals surface area contributed by atoms with E-state index in [1.165, 1.54) is 0 Å². The van der Waals surface area contributed by atoms with Crippen molar-refractivity contribution in [1.82, 2.24) is 10.2 Å². The molecule has 1 heterocycles. The Morgan fingerprint density at radius 1 is 1.47 bits per heavy atom. The summed E-state index contributed by atoms with van der Waals surface area (Å²) < 4.78 is 5.65. The normalized spacial score (nSPS) is 20.9. The molecule has 0 radical (unpaired) electrons. The van der Waals surface area contributed by atoms with E-state index in [9.17, 15) is 9.59 Å². The number of hydrogen-bond acceptors (Lipinski definition) is 3. The first-order valence-corrected chi connectivity index (χ1v) is 6.98. The van der Waals surface area contributed by atoms with Crippen molar-refractivity contribution in [2.45, 2.75) is 51.7 Å². The molecule has 110 valence electrons. The average molecular weight is 272 g/mol. The molecule has 6 nitrogen and oxygen atoms in total. The van der Waals surface area contributed by atoms with E-state index >= 15 is 0 Å². The molecular formula is C13H24N2O4. The van der Waals surface area contributed by atoms with Crippen LogP contribution in [0, 0.1) is 0 Å². The maximum Gasteiger partial charge on any atom is 0.326 e. The summed E-state index contributed by atoms with van der Waals surface area (Å²) in [6, 6.07) is -1.12. The number of carboxylic acids is 1. The fourth-order valence-electron chi connectivity index (χ4n) is 2.12. The minimum atomic E-state index is -0.994. The number of amides is 2. The summed E-state index contributed by atoms with van der Waals surface area (Å²) in [6.45, 7) is 5.69. The van der Waals surface area contributed by atoms with Gasteiger partial charge in [-0.05, 0) is 25.7 Å². The smallest absolute Gasteiger partial charge is 0.326 e. The number of nitrogens with zero attached hydrogens (tertiary/aromatic N) is 1. The predicted molar refractivity (Wildman–Crippen MR) is 71.1 cm³/mol. The van der Waals surface area contributed by atoms with Crippen LogP contribution in [0.3, 0.4) is 0 Å². The molecular weight excluding hydrogens is 248 g/mol. The molecule has 1 aliphatic rings. The Morgan fingerprint density at radius 3 is 2.79 bits per heavy atom.